The molecule has 0 unspecified atom stereocenters. The summed E-state index contributed by atoms with van der Waals surface area (Å²) >= 11 is 0. The molecule has 7 rings (SSSR count). The van der Waals surface area contributed by atoms with Crippen LogP contribution in [0.3, 0.4) is 0 Å². The third-order valence-electron chi connectivity index (χ3n) is 9.31. The minimum atomic E-state index is 0.438. The van der Waals surface area contributed by atoms with E-state index in [9.17, 15) is 0 Å². The molecule has 0 atom stereocenters. The largest absolute Gasteiger partial charge is 0.493 e. The van der Waals surface area contributed by atoms with Crippen LogP contribution in [0.4, 0.5) is 0 Å². The van der Waals surface area contributed by atoms with E-state index in [0.717, 1.165) is 50.1 Å². The number of ether oxygens (including phenoxy) is 6. The maximum absolute atomic E-state index is 6.40. The van der Waals surface area contributed by atoms with E-state index in [2.05, 4.69) is 72.8 Å². The molecule has 6 aromatic carbocycles. The fourth-order valence-corrected chi connectivity index (χ4v) is 6.56. The normalized spacial score (nSPS) is 11.8. The molecular weight excluding hydrogens is 636 g/mol. The quantitative estimate of drug-likeness (QED) is 0.128. The van der Waals surface area contributed by atoms with Crippen LogP contribution in [0, 0.1) is 0 Å². The van der Waals surface area contributed by atoms with E-state index in [1.54, 1.807) is 21.3 Å². The highest BCUT2D eigenvalue weighted by Crippen LogP contribution is 2.41. The van der Waals surface area contributed by atoms with Gasteiger partial charge in [0.2, 0.25) is 0 Å². The van der Waals surface area contributed by atoms with E-state index in [1.807, 2.05) is 54.6 Å². The Balaban J connectivity index is 1.31. The number of benzene rings is 6. The molecule has 0 N–H and O–H groups in total. The van der Waals surface area contributed by atoms with Gasteiger partial charge in [-0.15, -0.1) is 0 Å². The van der Waals surface area contributed by atoms with Crippen molar-refractivity contribution in [3.8, 4) is 34.5 Å². The Morgan fingerprint density at radius 1 is 0.333 bits per heavy atom. The van der Waals surface area contributed by atoms with Crippen molar-refractivity contribution < 1.29 is 28.4 Å². The molecule has 1 aliphatic carbocycles. The summed E-state index contributed by atoms with van der Waals surface area (Å²) in [6.07, 6.45) is 2.02. The van der Waals surface area contributed by atoms with Crippen LogP contribution in [0.1, 0.15) is 50.1 Å². The Labute approximate surface area is 300 Å². The first-order valence-electron chi connectivity index (χ1n) is 17.2. The lowest BCUT2D eigenvalue weighted by Crippen LogP contribution is -2.04. The number of rotatable bonds is 12. The molecule has 0 amide bonds. The molecule has 51 heavy (non-hydrogen) atoms. The second-order valence-corrected chi connectivity index (χ2v) is 12.7. The third kappa shape index (κ3) is 7.97. The van der Waals surface area contributed by atoms with Gasteiger partial charge in [0.1, 0.15) is 19.8 Å². The maximum Gasteiger partial charge on any atom is 0.161 e. The number of methoxy groups -OCH3 is 3. The van der Waals surface area contributed by atoms with Crippen molar-refractivity contribution in [2.24, 2.45) is 0 Å². The van der Waals surface area contributed by atoms with E-state index >= 15 is 0 Å². The van der Waals surface area contributed by atoms with Gasteiger partial charge in [0.05, 0.1) is 21.3 Å². The van der Waals surface area contributed by atoms with Crippen LogP contribution in [0.25, 0.3) is 0 Å². The van der Waals surface area contributed by atoms with E-state index in [0.29, 0.717) is 73.6 Å². The summed E-state index contributed by atoms with van der Waals surface area (Å²) < 4.78 is 36.9. The van der Waals surface area contributed by atoms with Gasteiger partial charge in [0, 0.05) is 0 Å². The molecule has 0 saturated heterocycles. The van der Waals surface area contributed by atoms with Crippen LogP contribution < -0.4 is 28.4 Å². The summed E-state index contributed by atoms with van der Waals surface area (Å²) in [7, 11) is 5.08. The van der Waals surface area contributed by atoms with Gasteiger partial charge in [-0.2, -0.15) is 0 Å². The smallest absolute Gasteiger partial charge is 0.161 e. The van der Waals surface area contributed by atoms with Crippen molar-refractivity contribution in [2.75, 3.05) is 21.3 Å². The lowest BCUT2D eigenvalue weighted by atomic mass is 9.94. The van der Waals surface area contributed by atoms with Gasteiger partial charge in [0.25, 0.3) is 0 Å². The van der Waals surface area contributed by atoms with Crippen LogP contribution in [-0.2, 0) is 39.1 Å². The van der Waals surface area contributed by atoms with Gasteiger partial charge in [0.15, 0.2) is 34.5 Å². The second kappa shape index (κ2) is 15.8. The van der Waals surface area contributed by atoms with Crippen LogP contribution in [0.15, 0.2) is 127 Å². The number of fused-ring (bicyclic) bond motifs is 3. The number of hydrogen-bond acceptors (Lipinski definition) is 6. The molecule has 0 aromatic heterocycles. The highest BCUT2D eigenvalue weighted by atomic mass is 16.5. The van der Waals surface area contributed by atoms with Gasteiger partial charge in [-0.05, 0) is 106 Å². The summed E-state index contributed by atoms with van der Waals surface area (Å²) in [5, 5.41) is 0. The fraction of sp³-hybridized carbons (Fsp3) is 0.200. The third-order valence-corrected chi connectivity index (χ3v) is 9.31. The second-order valence-electron chi connectivity index (χ2n) is 12.7. The highest BCUT2D eigenvalue weighted by molar-refractivity contribution is 5.58. The predicted octanol–water partition coefficient (Wildman–Crippen LogP) is 9.54. The lowest BCUT2D eigenvalue weighted by Gasteiger charge is -2.18. The maximum atomic E-state index is 6.40. The molecule has 1 aliphatic rings. The molecular formula is C45H42O6. The van der Waals surface area contributed by atoms with E-state index in [1.165, 1.54) is 0 Å². The molecule has 6 nitrogen and oxygen atoms in total. The zero-order chi connectivity index (χ0) is 35.0. The predicted molar refractivity (Wildman–Crippen MR) is 200 cm³/mol. The van der Waals surface area contributed by atoms with Crippen LogP contribution in [-0.4, -0.2) is 21.3 Å². The Kier molecular flexibility index (Phi) is 10.4. The highest BCUT2D eigenvalue weighted by Gasteiger charge is 2.23. The first kappa shape index (κ1) is 33.6. The standard InChI is InChI=1S/C45H42O6/c1-46-40-22-34-19-38-26-44(50-29-32-15-9-5-10-16-32)42(48-3)24-36(38)21-39-27-45(51-30-33-17-11-6-12-18-33)41(47-2)23-35(39)20-37(34)25-43(40)49-28-31-13-7-4-8-14-31/h4-18,22-27H,19-21,28-30H2,1-3H3. The summed E-state index contributed by atoms with van der Waals surface area (Å²) in [6.45, 7) is 1.31. The number of hydrogen-bond donors (Lipinski definition) is 0. The summed E-state index contributed by atoms with van der Waals surface area (Å²) in [6, 6.07) is 43.3. The van der Waals surface area contributed by atoms with E-state index in [4.69, 9.17) is 28.4 Å². The van der Waals surface area contributed by atoms with Crippen molar-refractivity contribution in [1.82, 2.24) is 0 Å². The van der Waals surface area contributed by atoms with Crippen molar-refractivity contribution in [3.05, 3.63) is 177 Å². The van der Waals surface area contributed by atoms with Gasteiger partial charge in [-0.3, -0.25) is 0 Å². The molecule has 6 aromatic rings. The molecule has 0 aliphatic heterocycles. The van der Waals surface area contributed by atoms with Crippen LogP contribution >= 0.6 is 0 Å². The summed E-state index contributed by atoms with van der Waals surface area (Å²) in [5.41, 5.74) is 10.2. The average molecular weight is 679 g/mol. The molecule has 258 valence electrons. The van der Waals surface area contributed by atoms with Crippen LogP contribution in [0.2, 0.25) is 0 Å². The topological polar surface area (TPSA) is 55.4 Å². The van der Waals surface area contributed by atoms with Crippen LogP contribution in [0.5, 0.6) is 34.5 Å². The fourth-order valence-electron chi connectivity index (χ4n) is 6.56. The van der Waals surface area contributed by atoms with Gasteiger partial charge >= 0.3 is 0 Å². The van der Waals surface area contributed by atoms with Gasteiger partial charge in [-0.25, -0.2) is 0 Å². The van der Waals surface area contributed by atoms with Gasteiger partial charge < -0.3 is 28.4 Å². The molecule has 0 bridgehead atoms. The van der Waals surface area contributed by atoms with E-state index < -0.39 is 0 Å². The monoisotopic (exact) mass is 678 g/mol. The first-order valence-corrected chi connectivity index (χ1v) is 17.2. The van der Waals surface area contributed by atoms with Crippen molar-refractivity contribution in [1.29, 1.82) is 0 Å². The molecule has 0 fully saturated rings. The molecule has 6 heteroatoms. The Morgan fingerprint density at radius 3 is 0.804 bits per heavy atom. The lowest BCUT2D eigenvalue weighted by molar-refractivity contribution is 0.283. The van der Waals surface area contributed by atoms with Crippen molar-refractivity contribution in [3.63, 3.8) is 0 Å². The Morgan fingerprint density at radius 2 is 0.569 bits per heavy atom. The zero-order valence-electron chi connectivity index (χ0n) is 29.3. The first-order chi connectivity index (χ1) is 25.1. The van der Waals surface area contributed by atoms with E-state index in [-0.39, 0.29) is 0 Å². The van der Waals surface area contributed by atoms with Crippen molar-refractivity contribution in [2.45, 2.75) is 39.1 Å². The average Bonchev–Trinajstić information content (AvgIpc) is 3.24. The molecule has 0 radical (unpaired) electrons. The Bertz CT molecular complexity index is 1840. The Hall–Kier alpha value is -5.88. The summed E-state index contributed by atoms with van der Waals surface area (Å²) in [5.74, 6) is 4.21. The minimum absolute atomic E-state index is 0.438. The molecule has 0 heterocycles. The minimum Gasteiger partial charge on any atom is -0.493 e. The SMILES string of the molecule is COc1cc2c(cc1OCc1ccccc1)Cc1cc(OC)c(OCc3ccccc3)cc1Cc1cc(OC)c(OCc3ccccc3)cc1C2. The zero-order valence-corrected chi connectivity index (χ0v) is 29.3. The molecule has 0 saturated carbocycles. The molecule has 0 spiro atoms. The van der Waals surface area contributed by atoms with Gasteiger partial charge in [-0.1, -0.05) is 91.0 Å². The summed E-state index contributed by atoms with van der Waals surface area (Å²) in [4.78, 5) is 0. The van der Waals surface area contributed by atoms with Crippen molar-refractivity contribution >= 4 is 0 Å².